The summed E-state index contributed by atoms with van der Waals surface area (Å²) >= 11 is 0. The summed E-state index contributed by atoms with van der Waals surface area (Å²) < 4.78 is 11.7. The van der Waals surface area contributed by atoms with Crippen molar-refractivity contribution >= 4 is 11.8 Å². The van der Waals surface area contributed by atoms with Crippen molar-refractivity contribution in [1.82, 2.24) is 0 Å². The third-order valence-corrected chi connectivity index (χ3v) is 9.78. The van der Waals surface area contributed by atoms with Crippen LogP contribution in [0.15, 0.2) is 11.6 Å². The molecule has 0 amide bonds. The van der Waals surface area contributed by atoms with Crippen molar-refractivity contribution in [2.45, 2.75) is 94.6 Å². The number of rotatable bonds is 3. The second kappa shape index (κ2) is 8.42. The van der Waals surface area contributed by atoms with Crippen molar-refractivity contribution < 1.29 is 39.5 Å². The number of ether oxygens (including phenoxy) is 2. The minimum atomic E-state index is -1.77. The summed E-state index contributed by atoms with van der Waals surface area (Å²) in [6.07, 6.45) is 6.30. The van der Waals surface area contributed by atoms with Crippen molar-refractivity contribution in [3.8, 4) is 12.3 Å². The second-order valence-corrected chi connectivity index (χ2v) is 11.1. The average molecular weight is 475 g/mol. The summed E-state index contributed by atoms with van der Waals surface area (Å²) in [5.74, 6) is 3.38. The maximum atomic E-state index is 11.9. The number of aliphatic hydroxyl groups is 3. The molecule has 1 saturated heterocycles. The van der Waals surface area contributed by atoms with Gasteiger partial charge in [-0.3, -0.25) is 4.79 Å². The van der Waals surface area contributed by atoms with Crippen molar-refractivity contribution in [1.29, 1.82) is 0 Å². The highest BCUT2D eigenvalue weighted by Crippen LogP contribution is 2.66. The summed E-state index contributed by atoms with van der Waals surface area (Å²) in [5, 5.41) is 40.2. The first-order chi connectivity index (χ1) is 16.1. The molecular weight excluding hydrogens is 440 g/mol. The first kappa shape index (κ1) is 24.0. The van der Waals surface area contributed by atoms with E-state index in [1.54, 1.807) is 0 Å². The molecule has 5 rings (SSSR count). The molecule has 0 aromatic rings. The van der Waals surface area contributed by atoms with Crippen molar-refractivity contribution in [2.24, 2.45) is 29.1 Å². The Bertz CT molecular complexity index is 938. The average Bonchev–Trinajstić information content (AvgIpc) is 3.11. The molecule has 4 aliphatic carbocycles. The maximum Gasteiger partial charge on any atom is 0.335 e. The largest absolute Gasteiger partial charge is 0.479 e. The van der Waals surface area contributed by atoms with Gasteiger partial charge < -0.3 is 29.9 Å². The van der Waals surface area contributed by atoms with Gasteiger partial charge in [0.2, 0.25) is 0 Å². The lowest BCUT2D eigenvalue weighted by atomic mass is 9.50. The van der Waals surface area contributed by atoms with Gasteiger partial charge in [0.15, 0.2) is 18.2 Å². The van der Waals surface area contributed by atoms with Crippen LogP contribution in [0.3, 0.4) is 0 Å². The number of terminal acetylenes is 1. The Labute approximate surface area is 199 Å². The Balaban J connectivity index is 1.40. The van der Waals surface area contributed by atoms with Crippen molar-refractivity contribution in [2.75, 3.05) is 0 Å². The van der Waals surface area contributed by atoms with Gasteiger partial charge in [0.05, 0.1) is 0 Å². The van der Waals surface area contributed by atoms with Crippen LogP contribution in [0.5, 0.6) is 0 Å². The number of hydrogen-bond donors (Lipinski definition) is 4. The highest BCUT2D eigenvalue weighted by atomic mass is 16.7. The predicted molar refractivity (Wildman–Crippen MR) is 119 cm³/mol. The fraction of sp³-hybridized carbons (Fsp3) is 0.769. The molecule has 5 aliphatic rings. The van der Waals surface area contributed by atoms with Crippen LogP contribution in [0, 0.1) is 41.4 Å². The van der Waals surface area contributed by atoms with Crippen LogP contribution in [0.1, 0.15) is 58.3 Å². The number of carbonyl (C=O) groups excluding carboxylic acids is 1. The Morgan fingerprint density at radius 1 is 1.09 bits per heavy atom. The molecule has 3 saturated carbocycles. The third-order valence-electron chi connectivity index (χ3n) is 9.78. The van der Waals surface area contributed by atoms with Gasteiger partial charge in [-0.25, -0.2) is 4.79 Å². The minimum Gasteiger partial charge on any atom is -0.479 e. The lowest BCUT2D eigenvalue weighted by Crippen LogP contribution is -2.63. The van der Waals surface area contributed by atoms with Crippen LogP contribution < -0.4 is 0 Å². The molecule has 0 unspecified atom stereocenters. The number of aliphatic carboxylic acids is 1. The van der Waals surface area contributed by atoms with E-state index in [2.05, 4.69) is 12.8 Å². The fourth-order valence-corrected chi connectivity index (χ4v) is 7.99. The molecule has 8 heteroatoms. The molecule has 11 atom stereocenters. The van der Waals surface area contributed by atoms with Crippen molar-refractivity contribution in [3.63, 3.8) is 0 Å². The Hall–Kier alpha value is -1.76. The summed E-state index contributed by atoms with van der Waals surface area (Å²) in [6, 6.07) is 0. The number of ketones is 1. The normalized spacial score (nSPS) is 50.4. The molecule has 0 aromatic heterocycles. The van der Waals surface area contributed by atoms with Crippen LogP contribution in [-0.2, 0) is 19.1 Å². The van der Waals surface area contributed by atoms with Gasteiger partial charge in [-0.2, -0.15) is 0 Å². The van der Waals surface area contributed by atoms with Gasteiger partial charge in [0.25, 0.3) is 0 Å². The number of hydrogen-bond acceptors (Lipinski definition) is 7. The van der Waals surface area contributed by atoms with Gasteiger partial charge >= 0.3 is 5.97 Å². The standard InChI is InChI=1S/C26H34O8/c1-3-26(34-24-21(30)19(28)20(29)22(33-24)23(31)32)11-9-18-17-6-4-13-12-14(27)5-7-15(13)16(17)8-10-25(18,26)2/h1,12,15-22,24,28-30H,4-11H2,2H3,(H,31,32)/t15-,16+,17+,18-,19-,20-,21+,22-,24-,25-,26-/m0/s1. The number of aliphatic hydroxyl groups excluding tert-OH is 3. The van der Waals surface area contributed by atoms with Crippen molar-refractivity contribution in [3.05, 3.63) is 11.6 Å². The topological polar surface area (TPSA) is 134 Å². The molecule has 4 N–H and O–H groups in total. The molecule has 0 aromatic carbocycles. The van der Waals surface area contributed by atoms with E-state index in [-0.39, 0.29) is 5.78 Å². The first-order valence-corrected chi connectivity index (χ1v) is 12.4. The second-order valence-electron chi connectivity index (χ2n) is 11.1. The fourth-order valence-electron chi connectivity index (χ4n) is 7.99. The van der Waals surface area contributed by atoms with Gasteiger partial charge in [-0.05, 0) is 74.7 Å². The predicted octanol–water partition coefficient (Wildman–Crippen LogP) is 1.41. The molecule has 0 bridgehead atoms. The van der Waals surface area contributed by atoms with E-state index in [0.717, 1.165) is 38.5 Å². The molecule has 1 heterocycles. The zero-order chi connectivity index (χ0) is 24.4. The molecule has 4 fully saturated rings. The highest BCUT2D eigenvalue weighted by Gasteiger charge is 2.64. The quantitative estimate of drug-likeness (QED) is 0.451. The van der Waals surface area contributed by atoms with Crippen LogP contribution in [0.25, 0.3) is 0 Å². The molecule has 0 radical (unpaired) electrons. The number of carboxylic acids is 1. The number of carbonyl (C=O) groups is 2. The van der Waals surface area contributed by atoms with Crippen LogP contribution >= 0.6 is 0 Å². The number of allylic oxidation sites excluding steroid dienone is 1. The summed E-state index contributed by atoms with van der Waals surface area (Å²) in [7, 11) is 0. The number of fused-ring (bicyclic) bond motifs is 5. The Morgan fingerprint density at radius 2 is 1.85 bits per heavy atom. The molecule has 1 aliphatic heterocycles. The van der Waals surface area contributed by atoms with Crippen LogP contribution in [-0.4, -0.2) is 68.5 Å². The Morgan fingerprint density at radius 3 is 2.56 bits per heavy atom. The van der Waals surface area contributed by atoms with Gasteiger partial charge in [-0.1, -0.05) is 18.4 Å². The van der Waals surface area contributed by atoms with E-state index in [4.69, 9.17) is 15.9 Å². The van der Waals surface area contributed by atoms with Crippen LogP contribution in [0.4, 0.5) is 0 Å². The lowest BCUT2D eigenvalue weighted by molar-refractivity contribution is -0.324. The van der Waals surface area contributed by atoms with Gasteiger partial charge in [-0.15, -0.1) is 6.42 Å². The minimum absolute atomic E-state index is 0.240. The Kier molecular flexibility index (Phi) is 5.93. The zero-order valence-electron chi connectivity index (χ0n) is 19.4. The van der Waals surface area contributed by atoms with E-state index in [0.29, 0.717) is 36.5 Å². The van der Waals surface area contributed by atoms with E-state index in [1.807, 2.05) is 6.08 Å². The first-order valence-electron chi connectivity index (χ1n) is 12.4. The molecule has 8 nitrogen and oxygen atoms in total. The van der Waals surface area contributed by atoms with Crippen LogP contribution in [0.2, 0.25) is 0 Å². The monoisotopic (exact) mass is 474 g/mol. The molecular formula is C26H34O8. The summed E-state index contributed by atoms with van der Waals surface area (Å²) in [5.41, 5.74) is -0.181. The molecule has 34 heavy (non-hydrogen) atoms. The third kappa shape index (κ3) is 3.40. The SMILES string of the molecule is C#C[C@]1(O[C@@H]2O[C@H](C(=O)O)[C@@H](O)[C@H](O)[C@H]2O)CC[C@H]2[C@@H]3CCC4=CC(=O)CC[C@@H]4[C@H]3CC[C@@]21C. The molecule has 186 valence electrons. The highest BCUT2D eigenvalue weighted by molar-refractivity contribution is 5.91. The van der Waals surface area contributed by atoms with E-state index >= 15 is 0 Å². The van der Waals surface area contributed by atoms with E-state index in [9.17, 15) is 30.0 Å². The molecule has 0 spiro atoms. The maximum absolute atomic E-state index is 11.9. The van der Waals surface area contributed by atoms with E-state index in [1.165, 1.54) is 5.57 Å². The summed E-state index contributed by atoms with van der Waals surface area (Å²) in [6.45, 7) is 2.13. The van der Waals surface area contributed by atoms with Gasteiger partial charge in [0.1, 0.15) is 23.9 Å². The number of carboxylic acid groups (broad SMARTS) is 1. The zero-order valence-corrected chi connectivity index (χ0v) is 19.4. The smallest absolute Gasteiger partial charge is 0.335 e. The summed E-state index contributed by atoms with van der Waals surface area (Å²) in [4.78, 5) is 23.5. The van der Waals surface area contributed by atoms with E-state index < -0.39 is 47.7 Å². The van der Waals surface area contributed by atoms with Gasteiger partial charge in [0, 0.05) is 11.8 Å². The lowest BCUT2D eigenvalue weighted by Gasteiger charge is -2.56.